The van der Waals surface area contributed by atoms with Crippen molar-refractivity contribution < 1.29 is 25.3 Å². The highest BCUT2D eigenvalue weighted by atomic mass is 127. The smallest absolute Gasteiger partial charge is 0.351 e. The maximum Gasteiger partial charge on any atom is 0.351 e. The predicted octanol–water partition coefficient (Wildman–Crippen LogP) is -0.938. The monoisotopic (exact) mass is 411 g/mol. The molecule has 1 aliphatic rings. The fraction of sp³-hybridized carbons (Fsp3) is 0.455. The molecule has 1 aromatic heterocycles. The molecule has 0 radical (unpaired) electrons. The number of hydrogen-bond acceptors (Lipinski definition) is 8. The van der Waals surface area contributed by atoms with Crippen LogP contribution in [0, 0.1) is 0 Å². The topological polar surface area (TPSA) is 137 Å². The Kier molecular flexibility index (Phi) is 5.29. The lowest BCUT2D eigenvalue weighted by atomic mass is 10.1. The molecule has 21 heavy (non-hydrogen) atoms. The van der Waals surface area contributed by atoms with Crippen molar-refractivity contribution in [1.29, 1.82) is 0 Å². The first-order chi connectivity index (χ1) is 10.0. The predicted molar refractivity (Wildman–Crippen MR) is 80.0 cm³/mol. The highest BCUT2D eigenvalue weighted by Crippen LogP contribution is 2.28. The van der Waals surface area contributed by atoms with E-state index >= 15 is 0 Å². The third-order valence-electron chi connectivity index (χ3n) is 3.12. The van der Waals surface area contributed by atoms with Gasteiger partial charge >= 0.3 is 5.69 Å². The van der Waals surface area contributed by atoms with Crippen LogP contribution >= 0.6 is 22.6 Å². The van der Waals surface area contributed by atoms with Gasteiger partial charge in [-0.25, -0.2) is 4.79 Å². The Morgan fingerprint density at radius 2 is 2.19 bits per heavy atom. The van der Waals surface area contributed by atoms with Crippen LogP contribution in [0.25, 0.3) is 6.08 Å². The zero-order chi connectivity index (χ0) is 15.6. The van der Waals surface area contributed by atoms with Crippen molar-refractivity contribution in [2.75, 3.05) is 12.1 Å². The first-order valence-electron chi connectivity index (χ1n) is 5.96. The van der Waals surface area contributed by atoms with E-state index in [4.69, 9.17) is 15.1 Å². The molecule has 0 saturated carbocycles. The summed E-state index contributed by atoms with van der Waals surface area (Å²) >= 11 is 1.95. The molecular weight excluding hydrogens is 397 g/mol. The number of nitrogens with one attached hydrogen (secondary N) is 1. The van der Waals surface area contributed by atoms with Crippen molar-refractivity contribution in [3.8, 4) is 0 Å². The highest BCUT2D eigenvalue weighted by molar-refractivity contribution is 14.1. The van der Waals surface area contributed by atoms with Crippen LogP contribution in [0.5, 0.6) is 0 Å². The van der Waals surface area contributed by atoms with Gasteiger partial charge in [0.05, 0.1) is 6.61 Å². The summed E-state index contributed by atoms with van der Waals surface area (Å²) in [6, 6.07) is 0. The van der Waals surface area contributed by atoms with Crippen LogP contribution in [0.2, 0.25) is 0 Å². The largest absolute Gasteiger partial charge is 0.394 e. The Labute approximate surface area is 132 Å². The highest BCUT2D eigenvalue weighted by Gasteiger charge is 2.43. The van der Waals surface area contributed by atoms with Crippen molar-refractivity contribution in [3.63, 3.8) is 0 Å². The minimum Gasteiger partial charge on any atom is -0.394 e. The lowest BCUT2D eigenvalue weighted by Gasteiger charge is -2.18. The molecule has 0 bridgehead atoms. The van der Waals surface area contributed by atoms with E-state index in [0.29, 0.717) is 5.56 Å². The Bertz CT molecular complexity index is 592. The lowest BCUT2D eigenvalue weighted by molar-refractivity contribution is -0.0549. The molecule has 0 spiro atoms. The maximum absolute atomic E-state index is 11.9. The second-order valence-corrected chi connectivity index (χ2v) is 5.09. The van der Waals surface area contributed by atoms with Crippen molar-refractivity contribution >= 4 is 34.5 Å². The summed E-state index contributed by atoms with van der Waals surface area (Å²) in [4.78, 5) is 15.6. The number of aromatic nitrogens is 2. The number of aliphatic hydroxyl groups is 3. The van der Waals surface area contributed by atoms with Crippen LogP contribution in [0.4, 0.5) is 5.82 Å². The van der Waals surface area contributed by atoms with Gasteiger partial charge in [0.25, 0.3) is 0 Å². The minimum absolute atomic E-state index is 0.0455. The van der Waals surface area contributed by atoms with Gasteiger partial charge in [-0.3, -0.25) is 15.3 Å². The number of anilines is 1. The molecule has 116 valence electrons. The summed E-state index contributed by atoms with van der Waals surface area (Å²) in [6.07, 6.45) is -1.97. The fourth-order valence-electron chi connectivity index (χ4n) is 2.06. The van der Waals surface area contributed by atoms with E-state index < -0.39 is 36.8 Å². The van der Waals surface area contributed by atoms with Crippen LogP contribution in [-0.4, -0.2) is 55.0 Å². The molecule has 1 aromatic rings. The Morgan fingerprint density at radius 3 is 2.71 bits per heavy atom. The van der Waals surface area contributed by atoms with E-state index in [-0.39, 0.29) is 5.82 Å². The van der Waals surface area contributed by atoms with Gasteiger partial charge in [0.2, 0.25) is 0 Å². The second-order valence-electron chi connectivity index (χ2n) is 4.37. The normalized spacial score (nSPS) is 29.2. The molecule has 0 aromatic carbocycles. The number of halogens is 1. The summed E-state index contributed by atoms with van der Waals surface area (Å²) in [7, 11) is 0. The van der Waals surface area contributed by atoms with E-state index in [1.165, 1.54) is 6.20 Å². The molecule has 1 saturated heterocycles. The van der Waals surface area contributed by atoms with E-state index in [1.54, 1.807) is 10.2 Å². The third-order valence-corrected chi connectivity index (χ3v) is 3.48. The number of rotatable bonds is 4. The Hall–Kier alpha value is -1.05. The van der Waals surface area contributed by atoms with Crippen molar-refractivity contribution in [2.24, 2.45) is 0 Å². The van der Waals surface area contributed by atoms with Crippen LogP contribution in [0.1, 0.15) is 11.8 Å². The molecule has 10 heteroatoms. The summed E-state index contributed by atoms with van der Waals surface area (Å²) < 4.78 is 7.91. The number of aliphatic hydroxyl groups excluding tert-OH is 3. The summed E-state index contributed by atoms with van der Waals surface area (Å²) in [6.45, 7) is -0.492. The summed E-state index contributed by atoms with van der Waals surface area (Å²) in [5.41, 5.74) is 1.40. The number of ether oxygens (including phenoxy) is 1. The molecule has 0 amide bonds. The van der Waals surface area contributed by atoms with Crippen LogP contribution < -0.4 is 11.2 Å². The molecule has 9 nitrogen and oxygen atoms in total. The fourth-order valence-corrected chi connectivity index (χ4v) is 2.44. The molecule has 1 fully saturated rings. The molecule has 2 heterocycles. The van der Waals surface area contributed by atoms with Crippen LogP contribution in [0.3, 0.4) is 0 Å². The van der Waals surface area contributed by atoms with E-state index in [0.717, 1.165) is 4.57 Å². The molecule has 5 N–H and O–H groups in total. The molecule has 1 aliphatic heterocycles. The van der Waals surface area contributed by atoms with Gasteiger partial charge in [0.15, 0.2) is 12.0 Å². The SMILES string of the molecule is O=c1nc(NO)c(C=CI)cn1[C@@H]1O[C@H](CO)[C@@H](O)[C@H]1O. The zero-order valence-corrected chi connectivity index (χ0v) is 12.8. The number of hydrogen-bond donors (Lipinski definition) is 5. The quantitative estimate of drug-likeness (QED) is 0.317. The van der Waals surface area contributed by atoms with Gasteiger partial charge in [0.1, 0.15) is 18.3 Å². The van der Waals surface area contributed by atoms with Gasteiger partial charge in [-0.15, -0.1) is 0 Å². The van der Waals surface area contributed by atoms with Gasteiger partial charge in [-0.1, -0.05) is 22.6 Å². The van der Waals surface area contributed by atoms with E-state index in [2.05, 4.69) is 4.98 Å². The zero-order valence-electron chi connectivity index (χ0n) is 10.6. The maximum atomic E-state index is 11.9. The number of nitrogens with zero attached hydrogens (tertiary/aromatic N) is 2. The van der Waals surface area contributed by atoms with Crippen molar-refractivity contribution in [2.45, 2.75) is 24.5 Å². The standard InChI is InChI=1S/C11H14IN3O6/c12-2-1-5-3-15(11(19)13-9(5)14-20)10-8(18)7(17)6(4-16)21-10/h1-3,6-8,10,16-18,20H,4H2,(H,13,14,19)/t6-,7-,8-,10-/m1/s1. The average molecular weight is 411 g/mol. The molecule has 0 aliphatic carbocycles. The van der Waals surface area contributed by atoms with Crippen molar-refractivity contribution in [1.82, 2.24) is 9.55 Å². The summed E-state index contributed by atoms with van der Waals surface area (Å²) in [5, 5.41) is 37.6. The molecule has 4 atom stereocenters. The Morgan fingerprint density at radius 1 is 1.48 bits per heavy atom. The van der Waals surface area contributed by atoms with E-state index in [9.17, 15) is 15.0 Å². The second kappa shape index (κ2) is 6.81. The molecule has 0 unspecified atom stereocenters. The minimum atomic E-state index is -1.38. The molecule has 2 rings (SSSR count). The van der Waals surface area contributed by atoms with Crippen LogP contribution in [0.15, 0.2) is 15.1 Å². The van der Waals surface area contributed by atoms with Crippen molar-refractivity contribution in [3.05, 3.63) is 26.3 Å². The first kappa shape index (κ1) is 16.3. The third kappa shape index (κ3) is 3.09. The lowest BCUT2D eigenvalue weighted by Crippen LogP contribution is -2.36. The molecular formula is C11H14IN3O6. The summed E-state index contributed by atoms with van der Waals surface area (Å²) in [5.74, 6) is -0.0455. The average Bonchev–Trinajstić information content (AvgIpc) is 2.76. The van der Waals surface area contributed by atoms with Gasteiger partial charge in [-0.05, 0) is 10.2 Å². The Balaban J connectivity index is 2.45. The van der Waals surface area contributed by atoms with E-state index in [1.807, 2.05) is 28.1 Å². The van der Waals surface area contributed by atoms with Gasteiger partial charge in [-0.2, -0.15) is 4.98 Å². The van der Waals surface area contributed by atoms with Gasteiger partial charge < -0.3 is 20.1 Å². The first-order valence-corrected chi connectivity index (χ1v) is 7.20. The van der Waals surface area contributed by atoms with Crippen LogP contribution in [-0.2, 0) is 4.74 Å². The van der Waals surface area contributed by atoms with Gasteiger partial charge in [0, 0.05) is 11.8 Å².